The Morgan fingerprint density at radius 2 is 2.00 bits per heavy atom. The molecule has 1 aliphatic heterocycles. The second kappa shape index (κ2) is 4.94. The van der Waals surface area contributed by atoms with E-state index in [0.717, 1.165) is 25.9 Å². The third kappa shape index (κ3) is 3.25. The Labute approximate surface area is 81.1 Å². The van der Waals surface area contributed by atoms with Gasteiger partial charge >= 0.3 is 0 Å². The van der Waals surface area contributed by atoms with Crippen molar-refractivity contribution in [3.8, 4) is 0 Å². The van der Waals surface area contributed by atoms with Gasteiger partial charge in [-0.25, -0.2) is 0 Å². The van der Waals surface area contributed by atoms with Gasteiger partial charge in [0.2, 0.25) is 0 Å². The number of rotatable bonds is 6. The number of nitrogens with zero attached hydrogens (tertiary/aromatic N) is 1. The van der Waals surface area contributed by atoms with E-state index in [1.165, 1.54) is 13.0 Å². The van der Waals surface area contributed by atoms with E-state index >= 15 is 0 Å². The summed E-state index contributed by atoms with van der Waals surface area (Å²) in [5.74, 6) is 0. The smallest absolute Gasteiger partial charge is 0.0431 e. The first-order valence-electron chi connectivity index (χ1n) is 5.15. The molecule has 0 atom stereocenters. The standard InChI is InChI=1S/C10H22N2O/c1-12(2)9-10(7-11-8-10)5-3-4-6-13/h11,13H,3-9H2,1-2H3. The molecule has 2 N–H and O–H groups in total. The quantitative estimate of drug-likeness (QED) is 0.586. The highest BCUT2D eigenvalue weighted by molar-refractivity contribution is 4.93. The van der Waals surface area contributed by atoms with Crippen LogP contribution in [0.25, 0.3) is 0 Å². The van der Waals surface area contributed by atoms with Crippen LogP contribution in [0.3, 0.4) is 0 Å². The summed E-state index contributed by atoms with van der Waals surface area (Å²) in [5, 5.41) is 12.1. The number of hydrogen-bond donors (Lipinski definition) is 2. The molecule has 0 aliphatic carbocycles. The van der Waals surface area contributed by atoms with E-state index in [9.17, 15) is 0 Å². The van der Waals surface area contributed by atoms with Crippen molar-refractivity contribution in [2.75, 3.05) is 40.3 Å². The largest absolute Gasteiger partial charge is 0.396 e. The van der Waals surface area contributed by atoms with Gasteiger partial charge in [-0.05, 0) is 26.9 Å². The molecule has 0 saturated carbocycles. The Hall–Kier alpha value is -0.120. The van der Waals surface area contributed by atoms with E-state index in [1.54, 1.807) is 0 Å². The molecule has 0 amide bonds. The summed E-state index contributed by atoms with van der Waals surface area (Å²) in [4.78, 5) is 2.26. The Kier molecular flexibility index (Phi) is 4.16. The summed E-state index contributed by atoms with van der Waals surface area (Å²) in [6, 6.07) is 0. The normalized spacial score (nSPS) is 20.3. The van der Waals surface area contributed by atoms with Gasteiger partial charge in [0.25, 0.3) is 0 Å². The Bertz CT molecular complexity index is 144. The van der Waals surface area contributed by atoms with Gasteiger partial charge in [0.15, 0.2) is 0 Å². The van der Waals surface area contributed by atoms with Crippen molar-refractivity contribution in [3.05, 3.63) is 0 Å². The molecule has 1 heterocycles. The molecule has 1 aliphatic rings. The molecule has 78 valence electrons. The van der Waals surface area contributed by atoms with Crippen LogP contribution in [-0.2, 0) is 0 Å². The zero-order valence-corrected chi connectivity index (χ0v) is 8.84. The minimum atomic E-state index is 0.339. The molecule has 0 radical (unpaired) electrons. The van der Waals surface area contributed by atoms with Crippen LogP contribution in [0.2, 0.25) is 0 Å². The molecule has 1 fully saturated rings. The van der Waals surface area contributed by atoms with E-state index < -0.39 is 0 Å². The minimum Gasteiger partial charge on any atom is -0.396 e. The van der Waals surface area contributed by atoms with Crippen LogP contribution in [-0.4, -0.2) is 50.3 Å². The van der Waals surface area contributed by atoms with Gasteiger partial charge in [-0.15, -0.1) is 0 Å². The van der Waals surface area contributed by atoms with Gasteiger partial charge < -0.3 is 15.3 Å². The molecule has 0 aromatic heterocycles. The first-order chi connectivity index (χ1) is 6.18. The molecule has 0 unspecified atom stereocenters. The molecule has 0 aromatic carbocycles. The van der Waals surface area contributed by atoms with Crippen molar-refractivity contribution in [1.82, 2.24) is 10.2 Å². The van der Waals surface area contributed by atoms with Crippen LogP contribution in [0.5, 0.6) is 0 Å². The zero-order chi connectivity index (χ0) is 9.73. The van der Waals surface area contributed by atoms with Gasteiger partial charge in [-0.3, -0.25) is 0 Å². The van der Waals surface area contributed by atoms with Crippen molar-refractivity contribution in [3.63, 3.8) is 0 Å². The lowest BCUT2D eigenvalue weighted by atomic mass is 9.77. The molecule has 0 aromatic rings. The van der Waals surface area contributed by atoms with Crippen molar-refractivity contribution in [1.29, 1.82) is 0 Å². The maximum atomic E-state index is 8.71. The zero-order valence-electron chi connectivity index (χ0n) is 8.84. The number of aliphatic hydroxyl groups is 1. The van der Waals surface area contributed by atoms with Crippen molar-refractivity contribution < 1.29 is 5.11 Å². The van der Waals surface area contributed by atoms with Crippen molar-refractivity contribution in [2.24, 2.45) is 5.41 Å². The molecule has 1 saturated heterocycles. The maximum absolute atomic E-state index is 8.71. The minimum absolute atomic E-state index is 0.339. The van der Waals surface area contributed by atoms with Gasteiger partial charge in [-0.1, -0.05) is 6.42 Å². The predicted octanol–water partition coefficient (Wildman–Crippen LogP) is 0.300. The highest BCUT2D eigenvalue weighted by atomic mass is 16.2. The average Bonchev–Trinajstić information content (AvgIpc) is 1.99. The first-order valence-corrected chi connectivity index (χ1v) is 5.15. The van der Waals surface area contributed by atoms with Crippen molar-refractivity contribution >= 4 is 0 Å². The summed E-state index contributed by atoms with van der Waals surface area (Å²) in [6.45, 7) is 3.81. The average molecular weight is 186 g/mol. The SMILES string of the molecule is CN(C)CC1(CCCCO)CNC1. The number of unbranched alkanes of at least 4 members (excludes halogenated alkanes) is 1. The Morgan fingerprint density at radius 1 is 1.31 bits per heavy atom. The number of nitrogens with one attached hydrogen (secondary N) is 1. The van der Waals surface area contributed by atoms with Crippen LogP contribution >= 0.6 is 0 Å². The third-order valence-corrected chi connectivity index (χ3v) is 2.77. The molecule has 13 heavy (non-hydrogen) atoms. The fourth-order valence-corrected chi connectivity index (χ4v) is 2.13. The van der Waals surface area contributed by atoms with E-state index in [-0.39, 0.29) is 0 Å². The van der Waals surface area contributed by atoms with Crippen LogP contribution in [0.15, 0.2) is 0 Å². The molecule has 0 bridgehead atoms. The lowest BCUT2D eigenvalue weighted by molar-refractivity contribution is 0.1000. The second-order valence-electron chi connectivity index (χ2n) is 4.52. The van der Waals surface area contributed by atoms with E-state index in [2.05, 4.69) is 24.3 Å². The molecule has 0 spiro atoms. The van der Waals surface area contributed by atoms with E-state index in [4.69, 9.17) is 5.11 Å². The van der Waals surface area contributed by atoms with Crippen LogP contribution in [0.1, 0.15) is 19.3 Å². The van der Waals surface area contributed by atoms with E-state index in [1.807, 2.05) is 0 Å². The van der Waals surface area contributed by atoms with Gasteiger partial charge in [-0.2, -0.15) is 0 Å². The fraction of sp³-hybridized carbons (Fsp3) is 1.00. The summed E-state index contributed by atoms with van der Waals surface area (Å²) in [6.07, 6.45) is 3.36. The van der Waals surface area contributed by atoms with Gasteiger partial charge in [0.05, 0.1) is 0 Å². The molecule has 1 rings (SSSR count). The fourth-order valence-electron chi connectivity index (χ4n) is 2.13. The summed E-state index contributed by atoms with van der Waals surface area (Å²) in [5.41, 5.74) is 0.499. The number of hydrogen-bond acceptors (Lipinski definition) is 3. The van der Waals surface area contributed by atoms with Gasteiger partial charge in [0, 0.05) is 31.7 Å². The van der Waals surface area contributed by atoms with Crippen LogP contribution in [0.4, 0.5) is 0 Å². The second-order valence-corrected chi connectivity index (χ2v) is 4.52. The first kappa shape index (κ1) is 11.0. The Morgan fingerprint density at radius 3 is 2.38 bits per heavy atom. The monoisotopic (exact) mass is 186 g/mol. The number of aliphatic hydroxyl groups excluding tert-OH is 1. The highest BCUT2D eigenvalue weighted by Gasteiger charge is 2.36. The topological polar surface area (TPSA) is 35.5 Å². The Balaban J connectivity index is 2.23. The van der Waals surface area contributed by atoms with Crippen LogP contribution in [0, 0.1) is 5.41 Å². The third-order valence-electron chi connectivity index (χ3n) is 2.77. The van der Waals surface area contributed by atoms with Crippen LogP contribution < -0.4 is 5.32 Å². The summed E-state index contributed by atoms with van der Waals surface area (Å²) in [7, 11) is 4.26. The summed E-state index contributed by atoms with van der Waals surface area (Å²) >= 11 is 0. The molecular formula is C10H22N2O. The highest BCUT2D eigenvalue weighted by Crippen LogP contribution is 2.29. The van der Waals surface area contributed by atoms with Gasteiger partial charge in [0.1, 0.15) is 0 Å². The molecule has 3 heteroatoms. The van der Waals surface area contributed by atoms with Crippen molar-refractivity contribution in [2.45, 2.75) is 19.3 Å². The summed E-state index contributed by atoms with van der Waals surface area (Å²) < 4.78 is 0. The molecular weight excluding hydrogens is 164 g/mol. The lowest BCUT2D eigenvalue weighted by Crippen LogP contribution is -2.57. The predicted molar refractivity (Wildman–Crippen MR) is 54.8 cm³/mol. The van der Waals surface area contributed by atoms with E-state index in [0.29, 0.717) is 12.0 Å². The molecule has 3 nitrogen and oxygen atoms in total. The maximum Gasteiger partial charge on any atom is 0.0431 e. The lowest BCUT2D eigenvalue weighted by Gasteiger charge is -2.44.